The largest absolute Gasteiger partial charge is 0.463 e. The van der Waals surface area contributed by atoms with Crippen LogP contribution < -0.4 is 5.32 Å². The van der Waals surface area contributed by atoms with Crippen molar-refractivity contribution in [2.75, 3.05) is 5.32 Å². The molecule has 0 aliphatic carbocycles. The SMILES string of the molecule is Brc1ccc(CNc2cc(-c3ccco3)[nH]n2)cc1. The highest BCUT2D eigenvalue weighted by molar-refractivity contribution is 9.10. The van der Waals surface area contributed by atoms with Crippen LogP contribution >= 0.6 is 15.9 Å². The molecular formula is C14H12BrN3O. The molecule has 1 aromatic carbocycles. The van der Waals surface area contributed by atoms with Crippen molar-refractivity contribution >= 4 is 21.7 Å². The highest BCUT2D eigenvalue weighted by Crippen LogP contribution is 2.20. The average Bonchev–Trinajstić information content (AvgIpc) is 3.09. The molecule has 4 nitrogen and oxygen atoms in total. The summed E-state index contributed by atoms with van der Waals surface area (Å²) < 4.78 is 6.38. The van der Waals surface area contributed by atoms with E-state index in [1.54, 1.807) is 6.26 Å². The molecule has 0 saturated carbocycles. The van der Waals surface area contributed by atoms with Gasteiger partial charge in [0.1, 0.15) is 11.5 Å². The minimum Gasteiger partial charge on any atom is -0.463 e. The van der Waals surface area contributed by atoms with Crippen molar-refractivity contribution in [1.29, 1.82) is 0 Å². The van der Waals surface area contributed by atoms with Crippen LogP contribution in [0.5, 0.6) is 0 Å². The van der Waals surface area contributed by atoms with E-state index in [2.05, 4.69) is 43.6 Å². The zero-order valence-corrected chi connectivity index (χ0v) is 11.6. The van der Waals surface area contributed by atoms with E-state index in [1.807, 2.05) is 30.3 Å². The van der Waals surface area contributed by atoms with Crippen molar-refractivity contribution in [3.63, 3.8) is 0 Å². The van der Waals surface area contributed by atoms with E-state index < -0.39 is 0 Å². The summed E-state index contributed by atoms with van der Waals surface area (Å²) in [4.78, 5) is 0. The van der Waals surface area contributed by atoms with Gasteiger partial charge in [0.15, 0.2) is 5.76 Å². The zero-order chi connectivity index (χ0) is 13.1. The standard InChI is InChI=1S/C14H12BrN3O/c15-11-5-3-10(4-6-11)9-16-14-8-12(17-18-14)13-2-1-7-19-13/h1-8H,9H2,(H2,16,17,18). The molecule has 0 aliphatic rings. The lowest BCUT2D eigenvalue weighted by atomic mass is 10.2. The number of nitrogens with one attached hydrogen (secondary N) is 2. The molecule has 2 N–H and O–H groups in total. The molecule has 0 radical (unpaired) electrons. The third kappa shape index (κ3) is 2.88. The second kappa shape index (κ2) is 5.32. The van der Waals surface area contributed by atoms with Crippen LogP contribution in [0.25, 0.3) is 11.5 Å². The molecule has 5 heteroatoms. The van der Waals surface area contributed by atoms with Gasteiger partial charge in [-0.1, -0.05) is 28.1 Å². The summed E-state index contributed by atoms with van der Waals surface area (Å²) in [6, 6.07) is 13.9. The molecule has 3 rings (SSSR count). The summed E-state index contributed by atoms with van der Waals surface area (Å²) >= 11 is 3.42. The molecule has 0 bridgehead atoms. The van der Waals surface area contributed by atoms with Gasteiger partial charge >= 0.3 is 0 Å². The molecule has 0 spiro atoms. The van der Waals surface area contributed by atoms with E-state index in [0.29, 0.717) is 0 Å². The number of halogens is 1. The predicted octanol–water partition coefficient (Wildman–Crippen LogP) is 4.04. The Hall–Kier alpha value is -2.01. The minimum atomic E-state index is 0.732. The van der Waals surface area contributed by atoms with E-state index in [4.69, 9.17) is 4.42 Å². The summed E-state index contributed by atoms with van der Waals surface area (Å²) in [7, 11) is 0. The van der Waals surface area contributed by atoms with Crippen LogP contribution in [0.15, 0.2) is 57.6 Å². The Morgan fingerprint density at radius 3 is 2.79 bits per heavy atom. The molecule has 19 heavy (non-hydrogen) atoms. The number of hydrogen-bond acceptors (Lipinski definition) is 3. The first-order valence-electron chi connectivity index (χ1n) is 5.89. The lowest BCUT2D eigenvalue weighted by molar-refractivity contribution is 0.580. The van der Waals surface area contributed by atoms with Crippen molar-refractivity contribution in [1.82, 2.24) is 10.2 Å². The summed E-state index contributed by atoms with van der Waals surface area (Å²) in [5.74, 6) is 1.58. The quantitative estimate of drug-likeness (QED) is 0.763. The van der Waals surface area contributed by atoms with Gasteiger partial charge in [-0.25, -0.2) is 0 Å². The number of rotatable bonds is 4. The second-order valence-electron chi connectivity index (χ2n) is 4.12. The van der Waals surface area contributed by atoms with Crippen LogP contribution in [-0.2, 0) is 6.54 Å². The van der Waals surface area contributed by atoms with Gasteiger partial charge in [-0.3, -0.25) is 5.10 Å². The zero-order valence-electron chi connectivity index (χ0n) is 10.1. The summed E-state index contributed by atoms with van der Waals surface area (Å²) in [5, 5.41) is 10.4. The Bertz CT molecular complexity index is 644. The predicted molar refractivity (Wildman–Crippen MR) is 77.8 cm³/mol. The second-order valence-corrected chi connectivity index (χ2v) is 5.04. The van der Waals surface area contributed by atoms with Crippen LogP contribution in [0.4, 0.5) is 5.82 Å². The van der Waals surface area contributed by atoms with Gasteiger partial charge in [-0.05, 0) is 29.8 Å². The van der Waals surface area contributed by atoms with Crippen molar-refractivity contribution in [2.24, 2.45) is 0 Å². The maximum atomic E-state index is 5.30. The minimum absolute atomic E-state index is 0.732. The summed E-state index contributed by atoms with van der Waals surface area (Å²) in [5.41, 5.74) is 2.06. The van der Waals surface area contributed by atoms with Gasteiger partial charge in [-0.15, -0.1) is 0 Å². The third-order valence-corrected chi connectivity index (χ3v) is 3.28. The smallest absolute Gasteiger partial charge is 0.151 e. The van der Waals surface area contributed by atoms with E-state index in [9.17, 15) is 0 Å². The lowest BCUT2D eigenvalue weighted by Crippen LogP contribution is -1.99. The molecule has 2 heterocycles. The number of nitrogens with zero attached hydrogens (tertiary/aromatic N) is 1. The van der Waals surface area contributed by atoms with Crippen LogP contribution in [0.3, 0.4) is 0 Å². The Balaban J connectivity index is 1.66. The first kappa shape index (κ1) is 12.0. The fourth-order valence-electron chi connectivity index (χ4n) is 1.77. The highest BCUT2D eigenvalue weighted by atomic mass is 79.9. The highest BCUT2D eigenvalue weighted by Gasteiger charge is 2.05. The summed E-state index contributed by atoms with van der Waals surface area (Å²) in [6.45, 7) is 0.732. The van der Waals surface area contributed by atoms with Gasteiger partial charge in [0.25, 0.3) is 0 Å². The van der Waals surface area contributed by atoms with Crippen LogP contribution in [0, 0.1) is 0 Å². The molecule has 96 valence electrons. The monoisotopic (exact) mass is 317 g/mol. The number of benzene rings is 1. The number of aromatic nitrogens is 2. The number of hydrogen-bond donors (Lipinski definition) is 2. The summed E-state index contributed by atoms with van der Waals surface area (Å²) in [6.07, 6.45) is 1.64. The number of furan rings is 1. The first-order chi connectivity index (χ1) is 9.31. The van der Waals surface area contributed by atoms with Crippen molar-refractivity contribution in [3.05, 3.63) is 58.8 Å². The number of anilines is 1. The Morgan fingerprint density at radius 1 is 1.21 bits per heavy atom. The number of H-pyrrole nitrogens is 1. The van der Waals surface area contributed by atoms with E-state index in [1.165, 1.54) is 5.56 Å². The van der Waals surface area contributed by atoms with Crippen LogP contribution in [0.2, 0.25) is 0 Å². The Labute approximate surface area is 119 Å². The fourth-order valence-corrected chi connectivity index (χ4v) is 2.03. The Morgan fingerprint density at radius 2 is 2.05 bits per heavy atom. The van der Waals surface area contributed by atoms with Gasteiger partial charge in [0.2, 0.25) is 0 Å². The normalized spacial score (nSPS) is 10.6. The maximum Gasteiger partial charge on any atom is 0.151 e. The van der Waals surface area contributed by atoms with E-state index >= 15 is 0 Å². The van der Waals surface area contributed by atoms with Gasteiger partial charge in [0.05, 0.1) is 6.26 Å². The first-order valence-corrected chi connectivity index (χ1v) is 6.68. The van der Waals surface area contributed by atoms with E-state index in [-0.39, 0.29) is 0 Å². The molecule has 0 unspecified atom stereocenters. The van der Waals surface area contributed by atoms with Crippen molar-refractivity contribution in [2.45, 2.75) is 6.54 Å². The lowest BCUT2D eigenvalue weighted by Gasteiger charge is -2.02. The Kier molecular flexibility index (Phi) is 3.37. The average molecular weight is 318 g/mol. The molecule has 0 saturated heterocycles. The maximum absolute atomic E-state index is 5.30. The van der Waals surface area contributed by atoms with Crippen molar-refractivity contribution in [3.8, 4) is 11.5 Å². The molecule has 2 aromatic heterocycles. The van der Waals surface area contributed by atoms with Crippen LogP contribution in [-0.4, -0.2) is 10.2 Å². The van der Waals surface area contributed by atoms with Gasteiger partial charge in [0, 0.05) is 17.1 Å². The molecular weight excluding hydrogens is 306 g/mol. The molecule has 0 amide bonds. The van der Waals surface area contributed by atoms with Gasteiger partial charge in [-0.2, -0.15) is 5.10 Å². The molecule has 3 aromatic rings. The number of aromatic amines is 1. The van der Waals surface area contributed by atoms with E-state index in [0.717, 1.165) is 28.3 Å². The molecule has 0 atom stereocenters. The fraction of sp³-hybridized carbons (Fsp3) is 0.0714. The molecule has 0 aliphatic heterocycles. The van der Waals surface area contributed by atoms with Gasteiger partial charge < -0.3 is 9.73 Å². The third-order valence-electron chi connectivity index (χ3n) is 2.75. The molecule has 0 fully saturated rings. The topological polar surface area (TPSA) is 53.9 Å². The van der Waals surface area contributed by atoms with Crippen LogP contribution in [0.1, 0.15) is 5.56 Å². The van der Waals surface area contributed by atoms with Crippen molar-refractivity contribution < 1.29 is 4.42 Å².